The second kappa shape index (κ2) is 12.7. The molecule has 10 heteroatoms. The Labute approximate surface area is 246 Å². The molecule has 0 unspecified atom stereocenters. The largest absolute Gasteiger partial charge is 0.495 e. The molecule has 4 aromatic carbocycles. The molecule has 0 atom stereocenters. The number of benzene rings is 4. The van der Waals surface area contributed by atoms with Crippen molar-refractivity contribution in [1.82, 2.24) is 0 Å². The third-order valence-electron chi connectivity index (χ3n) is 5.83. The van der Waals surface area contributed by atoms with Gasteiger partial charge in [0, 0.05) is 12.1 Å². The van der Waals surface area contributed by atoms with Crippen molar-refractivity contribution < 1.29 is 34.7 Å². The summed E-state index contributed by atoms with van der Waals surface area (Å²) in [6.07, 6.45) is 0. The molecule has 0 fully saturated rings. The van der Waals surface area contributed by atoms with E-state index in [9.17, 15) is 16.8 Å². The van der Waals surface area contributed by atoms with Crippen LogP contribution in [-0.2, 0) is 20.2 Å². The summed E-state index contributed by atoms with van der Waals surface area (Å²) in [6, 6.07) is 21.6. The van der Waals surface area contributed by atoms with Crippen LogP contribution >= 0.6 is 0 Å². The van der Waals surface area contributed by atoms with Crippen molar-refractivity contribution >= 4 is 20.2 Å². The minimum atomic E-state index is -4.02. The van der Waals surface area contributed by atoms with Crippen LogP contribution in [0, 0.1) is 37.5 Å². The lowest BCUT2D eigenvalue weighted by Gasteiger charge is -2.10. The molecule has 0 saturated heterocycles. The van der Waals surface area contributed by atoms with Crippen molar-refractivity contribution in [3.63, 3.8) is 0 Å². The van der Waals surface area contributed by atoms with E-state index in [0.717, 1.165) is 11.1 Å². The van der Waals surface area contributed by atoms with E-state index in [1.807, 2.05) is 13.8 Å². The molecule has 0 aliphatic carbocycles. The third-order valence-corrected chi connectivity index (χ3v) is 8.36. The standard InChI is InChI=1S/C32H26O8S2/c1-23-9-17-29(18-10-23)41(33,34)39-27-15-13-25(31(21-27)37-3)7-5-6-8-26-14-16-28(22-32(26)38-4)40-42(35,36)30-19-11-24(2)12-20-30/h9-22H,1-4H3. The molecule has 4 rings (SSSR count). The van der Waals surface area contributed by atoms with Crippen molar-refractivity contribution in [3.05, 3.63) is 107 Å². The third kappa shape index (κ3) is 7.43. The first-order chi connectivity index (χ1) is 20.0. The second-order valence-electron chi connectivity index (χ2n) is 8.93. The lowest BCUT2D eigenvalue weighted by Crippen LogP contribution is -2.09. The van der Waals surface area contributed by atoms with Crippen LogP contribution in [0.1, 0.15) is 22.3 Å². The predicted octanol–water partition coefficient (Wildman–Crippen LogP) is 5.26. The maximum atomic E-state index is 12.6. The monoisotopic (exact) mass is 602 g/mol. The number of methoxy groups -OCH3 is 2. The van der Waals surface area contributed by atoms with Gasteiger partial charge in [-0.15, -0.1) is 0 Å². The Morgan fingerprint density at radius 3 is 1.21 bits per heavy atom. The smallest absolute Gasteiger partial charge is 0.339 e. The van der Waals surface area contributed by atoms with Crippen LogP contribution in [0.25, 0.3) is 0 Å². The number of aryl methyl sites for hydroxylation is 2. The van der Waals surface area contributed by atoms with Gasteiger partial charge in [0.25, 0.3) is 0 Å². The molecule has 8 nitrogen and oxygen atoms in total. The molecule has 0 spiro atoms. The summed E-state index contributed by atoms with van der Waals surface area (Å²) in [5.74, 6) is 11.9. The first-order valence-corrected chi connectivity index (χ1v) is 15.2. The zero-order chi connectivity index (χ0) is 30.3. The molecule has 4 aromatic rings. The van der Waals surface area contributed by atoms with Gasteiger partial charge in [-0.3, -0.25) is 0 Å². The summed E-state index contributed by atoms with van der Waals surface area (Å²) < 4.78 is 71.6. The van der Waals surface area contributed by atoms with E-state index in [4.69, 9.17) is 17.8 Å². The fraction of sp³-hybridized carbons (Fsp3) is 0.125. The summed E-state index contributed by atoms with van der Waals surface area (Å²) >= 11 is 0. The normalized spacial score (nSPS) is 10.9. The summed E-state index contributed by atoms with van der Waals surface area (Å²) in [6.45, 7) is 3.72. The quantitative estimate of drug-likeness (QED) is 0.199. The molecule has 0 bridgehead atoms. The van der Waals surface area contributed by atoms with Gasteiger partial charge in [-0.25, -0.2) is 0 Å². The van der Waals surface area contributed by atoms with Crippen LogP contribution in [0.4, 0.5) is 0 Å². The number of hydrogen-bond acceptors (Lipinski definition) is 8. The second-order valence-corrected chi connectivity index (χ2v) is 12.0. The Morgan fingerprint density at radius 2 is 0.881 bits per heavy atom. The maximum absolute atomic E-state index is 12.6. The van der Waals surface area contributed by atoms with Crippen molar-refractivity contribution in [2.24, 2.45) is 0 Å². The molecule has 0 aromatic heterocycles. The zero-order valence-corrected chi connectivity index (χ0v) is 24.8. The van der Waals surface area contributed by atoms with E-state index in [2.05, 4.69) is 23.7 Å². The Bertz CT molecular complexity index is 1790. The van der Waals surface area contributed by atoms with E-state index in [-0.39, 0.29) is 21.3 Å². The Kier molecular flexibility index (Phi) is 9.12. The van der Waals surface area contributed by atoms with Gasteiger partial charge in [-0.2, -0.15) is 16.8 Å². The molecule has 0 saturated carbocycles. The van der Waals surface area contributed by atoms with Crippen LogP contribution < -0.4 is 17.8 Å². The van der Waals surface area contributed by atoms with E-state index < -0.39 is 20.2 Å². The van der Waals surface area contributed by atoms with E-state index >= 15 is 0 Å². The minimum absolute atomic E-state index is 0.0362. The van der Waals surface area contributed by atoms with Gasteiger partial charge in [0.2, 0.25) is 0 Å². The fourth-order valence-corrected chi connectivity index (χ4v) is 5.46. The van der Waals surface area contributed by atoms with E-state index in [0.29, 0.717) is 22.6 Å². The molecular formula is C32H26O8S2. The van der Waals surface area contributed by atoms with Crippen molar-refractivity contribution in [2.45, 2.75) is 23.6 Å². The molecule has 42 heavy (non-hydrogen) atoms. The van der Waals surface area contributed by atoms with Crippen LogP contribution in [0.2, 0.25) is 0 Å². The topological polar surface area (TPSA) is 105 Å². The number of ether oxygens (including phenoxy) is 2. The summed E-state index contributed by atoms with van der Waals surface area (Å²) in [5, 5.41) is 0. The Hall–Kier alpha value is -4.90. The fourth-order valence-electron chi connectivity index (χ4n) is 3.61. The first-order valence-electron chi connectivity index (χ1n) is 12.4. The van der Waals surface area contributed by atoms with Gasteiger partial charge >= 0.3 is 20.2 Å². The van der Waals surface area contributed by atoms with Gasteiger partial charge in [0.15, 0.2) is 0 Å². The maximum Gasteiger partial charge on any atom is 0.339 e. The molecular weight excluding hydrogens is 576 g/mol. The molecule has 0 aliphatic heterocycles. The molecule has 0 aliphatic rings. The zero-order valence-electron chi connectivity index (χ0n) is 23.2. The van der Waals surface area contributed by atoms with Crippen molar-refractivity contribution in [1.29, 1.82) is 0 Å². The Balaban J connectivity index is 1.49. The minimum Gasteiger partial charge on any atom is -0.495 e. The molecule has 0 N–H and O–H groups in total. The first kappa shape index (κ1) is 30.1. The van der Waals surface area contributed by atoms with E-state index in [1.54, 1.807) is 36.4 Å². The molecule has 0 heterocycles. The van der Waals surface area contributed by atoms with Gasteiger partial charge < -0.3 is 17.8 Å². The molecule has 0 amide bonds. The lowest BCUT2D eigenvalue weighted by atomic mass is 10.2. The highest BCUT2D eigenvalue weighted by Crippen LogP contribution is 2.28. The highest BCUT2D eigenvalue weighted by molar-refractivity contribution is 7.87. The number of hydrogen-bond donors (Lipinski definition) is 0. The highest BCUT2D eigenvalue weighted by atomic mass is 32.2. The molecule has 0 radical (unpaired) electrons. The van der Waals surface area contributed by atoms with Crippen LogP contribution in [0.15, 0.2) is 94.7 Å². The molecule has 214 valence electrons. The van der Waals surface area contributed by atoms with Crippen LogP contribution in [-0.4, -0.2) is 31.1 Å². The summed E-state index contributed by atoms with van der Waals surface area (Å²) in [4.78, 5) is 0.0725. The van der Waals surface area contributed by atoms with Gasteiger partial charge in [-0.1, -0.05) is 35.4 Å². The average molecular weight is 603 g/mol. The summed E-state index contributed by atoms with van der Waals surface area (Å²) in [7, 11) is -5.19. The Morgan fingerprint density at radius 1 is 0.524 bits per heavy atom. The van der Waals surface area contributed by atoms with Crippen molar-refractivity contribution in [2.75, 3.05) is 14.2 Å². The highest BCUT2D eigenvalue weighted by Gasteiger charge is 2.18. The lowest BCUT2D eigenvalue weighted by molar-refractivity contribution is 0.410. The number of rotatable bonds is 8. The van der Waals surface area contributed by atoms with Gasteiger partial charge in [-0.05, 0) is 86.1 Å². The SMILES string of the molecule is COc1cc(OS(=O)(=O)c2ccc(C)cc2)ccc1C#CC#Cc1ccc(OS(=O)(=O)c2ccc(C)cc2)cc1OC. The van der Waals surface area contributed by atoms with E-state index in [1.165, 1.54) is 62.8 Å². The van der Waals surface area contributed by atoms with Crippen LogP contribution in [0.3, 0.4) is 0 Å². The van der Waals surface area contributed by atoms with Crippen LogP contribution in [0.5, 0.6) is 23.0 Å². The van der Waals surface area contributed by atoms with Crippen molar-refractivity contribution in [3.8, 4) is 46.7 Å². The predicted molar refractivity (Wildman–Crippen MR) is 158 cm³/mol. The van der Waals surface area contributed by atoms with Gasteiger partial charge in [0.1, 0.15) is 32.8 Å². The van der Waals surface area contributed by atoms with Gasteiger partial charge in [0.05, 0.1) is 25.3 Å². The summed E-state index contributed by atoms with van der Waals surface area (Å²) in [5.41, 5.74) is 2.78. The average Bonchev–Trinajstić information content (AvgIpc) is 2.96.